The molecule has 5 rings (SSSR count). The minimum absolute atomic E-state index is 0.132. The minimum atomic E-state index is -3.72. The van der Waals surface area contributed by atoms with Gasteiger partial charge in [0.1, 0.15) is 17.0 Å². The smallest absolute Gasteiger partial charge is 0.260 e. The van der Waals surface area contributed by atoms with E-state index in [1.165, 1.54) is 44.8 Å². The number of benzene rings is 2. The van der Waals surface area contributed by atoms with Crippen molar-refractivity contribution in [3.63, 3.8) is 0 Å². The second-order valence-corrected chi connectivity index (χ2v) is 11.8. The van der Waals surface area contributed by atoms with Crippen LogP contribution in [0.15, 0.2) is 70.2 Å². The number of methoxy groups -OCH3 is 1. The number of anilines is 1. The number of nitrogens with zero attached hydrogens (tertiary/aromatic N) is 3. The maximum atomic E-state index is 13.7. The Kier molecular flexibility index (Phi) is 7.04. The molecule has 194 valence electrons. The van der Waals surface area contributed by atoms with Crippen molar-refractivity contribution in [2.75, 3.05) is 25.1 Å². The van der Waals surface area contributed by atoms with Gasteiger partial charge in [-0.05, 0) is 62.4 Å². The van der Waals surface area contributed by atoms with E-state index in [1.54, 1.807) is 25.5 Å². The fraction of sp³-hybridized carbons (Fsp3) is 0.308. The van der Waals surface area contributed by atoms with Crippen molar-refractivity contribution < 1.29 is 27.1 Å². The molecule has 1 aliphatic rings. The van der Waals surface area contributed by atoms with Crippen LogP contribution >= 0.6 is 11.3 Å². The normalized spacial score (nSPS) is 18.7. The van der Waals surface area contributed by atoms with Crippen molar-refractivity contribution in [1.29, 1.82) is 0 Å². The van der Waals surface area contributed by atoms with Crippen LogP contribution in [0.3, 0.4) is 0 Å². The molecule has 2 aromatic carbocycles. The number of carbonyl (C=O) groups excluding carboxylic acids is 1. The summed E-state index contributed by atoms with van der Waals surface area (Å²) in [6.07, 6.45) is 1.16. The lowest BCUT2D eigenvalue weighted by Gasteiger charge is -2.34. The van der Waals surface area contributed by atoms with Crippen molar-refractivity contribution in [2.24, 2.45) is 0 Å². The van der Waals surface area contributed by atoms with E-state index in [-0.39, 0.29) is 42.6 Å². The second-order valence-electron chi connectivity index (χ2n) is 8.88. The zero-order chi connectivity index (χ0) is 26.2. The lowest BCUT2D eigenvalue weighted by molar-refractivity contribution is -0.0440. The summed E-state index contributed by atoms with van der Waals surface area (Å²) in [4.78, 5) is 20.0. The predicted molar refractivity (Wildman–Crippen MR) is 141 cm³/mol. The number of aromatic nitrogens is 1. The summed E-state index contributed by atoms with van der Waals surface area (Å²) >= 11 is 1.36. The van der Waals surface area contributed by atoms with Crippen LogP contribution in [0, 0.1) is 0 Å². The van der Waals surface area contributed by atoms with Crippen LogP contribution in [0.5, 0.6) is 5.75 Å². The summed E-state index contributed by atoms with van der Waals surface area (Å²) in [7, 11) is -2.14. The average molecular weight is 542 g/mol. The van der Waals surface area contributed by atoms with Crippen molar-refractivity contribution >= 4 is 42.6 Å². The SMILES string of the molecule is COc1cccc2sc(N(Cc3ccco3)C(=O)c3ccc(S(=O)(=O)N4CC(C)OC(C)C4)cc3)nc12. The molecule has 0 saturated carbocycles. The summed E-state index contributed by atoms with van der Waals surface area (Å²) in [5.41, 5.74) is 0.998. The number of rotatable bonds is 7. The maximum absolute atomic E-state index is 13.7. The second kappa shape index (κ2) is 10.3. The molecule has 2 atom stereocenters. The molecule has 37 heavy (non-hydrogen) atoms. The summed E-state index contributed by atoms with van der Waals surface area (Å²) in [5, 5.41) is 0.480. The van der Waals surface area contributed by atoms with Crippen LogP contribution in [0.4, 0.5) is 5.13 Å². The van der Waals surface area contributed by atoms with Gasteiger partial charge in [0.15, 0.2) is 5.13 Å². The molecule has 1 amide bonds. The Hall–Kier alpha value is -3.25. The monoisotopic (exact) mass is 541 g/mol. The Labute approximate surface area is 219 Å². The van der Waals surface area contributed by atoms with Gasteiger partial charge in [-0.1, -0.05) is 17.4 Å². The van der Waals surface area contributed by atoms with E-state index >= 15 is 0 Å². The summed E-state index contributed by atoms with van der Waals surface area (Å²) in [6.45, 7) is 4.44. The predicted octanol–water partition coefficient (Wildman–Crippen LogP) is 4.54. The van der Waals surface area contributed by atoms with Gasteiger partial charge in [-0.3, -0.25) is 9.69 Å². The van der Waals surface area contributed by atoms with Gasteiger partial charge in [0, 0.05) is 18.7 Å². The zero-order valence-electron chi connectivity index (χ0n) is 20.7. The highest BCUT2D eigenvalue weighted by Gasteiger charge is 2.32. The molecule has 1 saturated heterocycles. The first kappa shape index (κ1) is 25.4. The molecule has 0 aliphatic carbocycles. The van der Waals surface area contributed by atoms with Crippen LogP contribution in [-0.4, -0.2) is 56.0 Å². The van der Waals surface area contributed by atoms with Crippen LogP contribution in [0.2, 0.25) is 0 Å². The fourth-order valence-corrected chi connectivity index (χ4v) is 6.95. The largest absolute Gasteiger partial charge is 0.494 e. The third-order valence-electron chi connectivity index (χ3n) is 6.09. The van der Waals surface area contributed by atoms with Crippen molar-refractivity contribution in [1.82, 2.24) is 9.29 Å². The van der Waals surface area contributed by atoms with Crippen molar-refractivity contribution in [2.45, 2.75) is 37.5 Å². The number of fused-ring (bicyclic) bond motifs is 1. The van der Waals surface area contributed by atoms with Gasteiger partial charge in [0.2, 0.25) is 10.0 Å². The lowest BCUT2D eigenvalue weighted by Crippen LogP contribution is -2.48. The van der Waals surface area contributed by atoms with Crippen LogP contribution in [0.25, 0.3) is 10.2 Å². The van der Waals surface area contributed by atoms with Crippen molar-refractivity contribution in [3.8, 4) is 5.75 Å². The van der Waals surface area contributed by atoms with Crippen LogP contribution in [0.1, 0.15) is 30.0 Å². The Morgan fingerprint density at radius 2 is 1.84 bits per heavy atom. The highest BCUT2D eigenvalue weighted by Crippen LogP contribution is 2.35. The number of hydrogen-bond acceptors (Lipinski definition) is 8. The fourth-order valence-electron chi connectivity index (χ4n) is 4.38. The molecule has 9 nitrogen and oxygen atoms in total. The van der Waals surface area contributed by atoms with Crippen molar-refractivity contribution in [3.05, 3.63) is 72.2 Å². The first-order chi connectivity index (χ1) is 17.8. The summed E-state index contributed by atoms with van der Waals surface area (Å²) in [6, 6.07) is 15.2. The van der Waals surface area contributed by atoms with Gasteiger partial charge in [0.25, 0.3) is 5.91 Å². The Bertz CT molecular complexity index is 1490. The number of amides is 1. The zero-order valence-corrected chi connectivity index (χ0v) is 22.3. The number of hydrogen-bond donors (Lipinski definition) is 0. The number of thiazole rings is 1. The van der Waals surface area contributed by atoms with E-state index in [2.05, 4.69) is 4.98 Å². The molecular formula is C26H27N3O6S2. The summed E-state index contributed by atoms with van der Waals surface area (Å²) in [5.74, 6) is 0.882. The average Bonchev–Trinajstić information content (AvgIpc) is 3.56. The topological polar surface area (TPSA) is 102 Å². The molecule has 0 bridgehead atoms. The van der Waals surface area contributed by atoms with Gasteiger partial charge < -0.3 is 13.9 Å². The number of carbonyl (C=O) groups is 1. The number of sulfonamides is 1. The molecule has 3 heterocycles. The standard InChI is InChI=1S/C26H27N3O6S2/c1-17-14-28(15-18(2)35-17)37(31,32)21-11-9-19(10-12-21)25(30)29(16-20-6-5-13-34-20)26-27-24-22(33-3)7-4-8-23(24)36-26/h4-13,17-18H,14-16H2,1-3H3. The van der Waals surface area contributed by atoms with Gasteiger partial charge >= 0.3 is 0 Å². The van der Waals surface area contributed by atoms with E-state index in [0.29, 0.717) is 27.7 Å². The Morgan fingerprint density at radius 1 is 1.11 bits per heavy atom. The Morgan fingerprint density at radius 3 is 2.49 bits per heavy atom. The third-order valence-corrected chi connectivity index (χ3v) is 8.98. The van der Waals surface area contributed by atoms with Gasteiger partial charge in [-0.15, -0.1) is 0 Å². The molecule has 0 N–H and O–H groups in total. The van der Waals surface area contributed by atoms with Gasteiger partial charge in [0.05, 0.1) is 41.7 Å². The van der Waals surface area contributed by atoms with Crippen LogP contribution < -0.4 is 9.64 Å². The minimum Gasteiger partial charge on any atom is -0.494 e. The third kappa shape index (κ3) is 5.12. The molecule has 0 radical (unpaired) electrons. The number of ether oxygens (including phenoxy) is 2. The Balaban J connectivity index is 1.46. The molecule has 2 unspecified atom stereocenters. The lowest BCUT2D eigenvalue weighted by atomic mass is 10.2. The van der Waals surface area contributed by atoms with Crippen LogP contribution in [-0.2, 0) is 21.3 Å². The molecule has 11 heteroatoms. The molecule has 1 aliphatic heterocycles. The highest BCUT2D eigenvalue weighted by atomic mass is 32.2. The number of morpholine rings is 1. The molecular weight excluding hydrogens is 514 g/mol. The van der Waals surface area contributed by atoms with E-state index in [0.717, 1.165) is 4.70 Å². The molecule has 2 aromatic heterocycles. The highest BCUT2D eigenvalue weighted by molar-refractivity contribution is 7.89. The molecule has 0 spiro atoms. The van der Waals surface area contributed by atoms with E-state index in [1.807, 2.05) is 32.0 Å². The van der Waals surface area contributed by atoms with E-state index in [4.69, 9.17) is 13.9 Å². The van der Waals surface area contributed by atoms with Gasteiger partial charge in [-0.2, -0.15) is 4.31 Å². The first-order valence-electron chi connectivity index (χ1n) is 11.8. The molecule has 1 fully saturated rings. The summed E-state index contributed by atoms with van der Waals surface area (Å²) < 4.78 is 45.4. The number of furan rings is 1. The quantitative estimate of drug-likeness (QED) is 0.338. The molecule has 4 aromatic rings. The number of para-hydroxylation sites is 1. The maximum Gasteiger partial charge on any atom is 0.260 e. The van der Waals surface area contributed by atoms with E-state index < -0.39 is 10.0 Å². The van der Waals surface area contributed by atoms with Gasteiger partial charge in [-0.25, -0.2) is 13.4 Å². The first-order valence-corrected chi connectivity index (χ1v) is 14.1. The van der Waals surface area contributed by atoms with E-state index in [9.17, 15) is 13.2 Å².